The largest absolute Gasteiger partial charge is 0.497 e. The van der Waals surface area contributed by atoms with E-state index in [0.717, 1.165) is 45.1 Å². The number of aromatic nitrogens is 2. The normalized spacial score (nSPS) is 13.6. The van der Waals surface area contributed by atoms with Gasteiger partial charge in [0.2, 0.25) is 0 Å². The maximum absolute atomic E-state index is 12.8. The summed E-state index contributed by atoms with van der Waals surface area (Å²) in [6.07, 6.45) is 0.402. The lowest BCUT2D eigenvalue weighted by molar-refractivity contribution is 0.0224. The second-order valence-corrected chi connectivity index (χ2v) is 9.31. The number of carbonyl (C=O) groups is 1. The minimum absolute atomic E-state index is 0.288. The highest BCUT2D eigenvalue weighted by Gasteiger charge is 2.31. The van der Waals surface area contributed by atoms with Crippen LogP contribution in [0.2, 0.25) is 0 Å². The number of hydrogen-bond acceptors (Lipinski definition) is 4. The average molecular weight is 434 g/mol. The number of hydrogen-bond donors (Lipinski definition) is 0. The third-order valence-corrected chi connectivity index (χ3v) is 5.70. The van der Waals surface area contributed by atoms with E-state index in [-0.39, 0.29) is 6.09 Å². The van der Waals surface area contributed by atoms with Crippen LogP contribution < -0.4 is 4.74 Å². The Morgan fingerprint density at radius 3 is 2.28 bits per heavy atom. The number of carbonyl (C=O) groups excluding carboxylic acids is 1. The molecular formula is C26H31N3O3. The molecule has 0 spiro atoms. The lowest BCUT2D eigenvalue weighted by atomic mass is 10.00. The Morgan fingerprint density at radius 2 is 1.69 bits per heavy atom. The summed E-state index contributed by atoms with van der Waals surface area (Å²) < 4.78 is 13.0. The molecule has 6 heteroatoms. The van der Waals surface area contributed by atoms with Crippen molar-refractivity contribution in [2.75, 3.05) is 13.7 Å². The molecule has 6 nitrogen and oxygen atoms in total. The van der Waals surface area contributed by atoms with Crippen LogP contribution in [-0.4, -0.2) is 40.0 Å². The Morgan fingerprint density at radius 1 is 1.03 bits per heavy atom. The van der Waals surface area contributed by atoms with E-state index in [1.54, 1.807) is 12.0 Å². The number of fused-ring (bicyclic) bond motifs is 1. The first-order chi connectivity index (χ1) is 15.2. The molecule has 3 aromatic rings. The lowest BCUT2D eigenvalue weighted by Gasteiger charge is -2.30. The Kier molecular flexibility index (Phi) is 5.71. The van der Waals surface area contributed by atoms with Crippen LogP contribution in [0.15, 0.2) is 42.5 Å². The van der Waals surface area contributed by atoms with E-state index in [1.807, 2.05) is 45.0 Å². The fourth-order valence-electron chi connectivity index (χ4n) is 4.20. The maximum atomic E-state index is 12.8. The molecule has 0 unspecified atom stereocenters. The summed E-state index contributed by atoms with van der Waals surface area (Å²) in [6, 6.07) is 14.3. The molecule has 168 valence electrons. The minimum Gasteiger partial charge on any atom is -0.497 e. The second kappa shape index (κ2) is 8.34. The molecule has 0 N–H and O–H groups in total. The molecule has 0 aliphatic carbocycles. The Hall–Kier alpha value is -3.28. The summed E-state index contributed by atoms with van der Waals surface area (Å²) in [7, 11) is 1.66. The van der Waals surface area contributed by atoms with Crippen molar-refractivity contribution in [2.24, 2.45) is 0 Å². The molecule has 0 saturated heterocycles. The van der Waals surface area contributed by atoms with E-state index in [2.05, 4.69) is 36.7 Å². The van der Waals surface area contributed by atoms with E-state index >= 15 is 0 Å². The number of benzene rings is 2. The lowest BCUT2D eigenvalue weighted by Crippen LogP contribution is -2.39. The van der Waals surface area contributed by atoms with Crippen LogP contribution in [0.5, 0.6) is 5.75 Å². The van der Waals surface area contributed by atoms with E-state index < -0.39 is 5.60 Å². The van der Waals surface area contributed by atoms with Crippen molar-refractivity contribution in [3.63, 3.8) is 0 Å². The number of nitrogens with zero attached hydrogens (tertiary/aromatic N) is 3. The maximum Gasteiger partial charge on any atom is 0.410 e. The number of aryl methyl sites for hydroxylation is 2. The molecule has 0 saturated carbocycles. The van der Waals surface area contributed by atoms with Crippen LogP contribution in [0.3, 0.4) is 0 Å². The predicted octanol–water partition coefficient (Wildman–Crippen LogP) is 5.46. The highest BCUT2D eigenvalue weighted by atomic mass is 16.6. The van der Waals surface area contributed by atoms with E-state index in [1.165, 1.54) is 0 Å². The van der Waals surface area contributed by atoms with Gasteiger partial charge in [-0.3, -0.25) is 0 Å². The summed E-state index contributed by atoms with van der Waals surface area (Å²) in [5.74, 6) is 0.802. The first-order valence-corrected chi connectivity index (χ1v) is 11.0. The SMILES string of the molecule is COc1ccc(-c2c3c(nn2-c2c(C)cccc2C)CCN(C(=O)OC(C)(C)C)C3)cc1. The monoisotopic (exact) mass is 433 g/mol. The van der Waals surface area contributed by atoms with Crippen LogP contribution in [0.1, 0.15) is 43.2 Å². The molecule has 0 bridgehead atoms. The number of ether oxygens (including phenoxy) is 2. The van der Waals surface area contributed by atoms with Gasteiger partial charge in [0.15, 0.2) is 0 Å². The number of methoxy groups -OCH3 is 1. The summed E-state index contributed by atoms with van der Waals surface area (Å²) >= 11 is 0. The van der Waals surface area contributed by atoms with Crippen LogP contribution in [0, 0.1) is 13.8 Å². The van der Waals surface area contributed by atoms with Crippen LogP contribution in [0.25, 0.3) is 16.9 Å². The van der Waals surface area contributed by atoms with Crippen LogP contribution >= 0.6 is 0 Å². The third kappa shape index (κ3) is 4.22. The van der Waals surface area contributed by atoms with Gasteiger partial charge in [0.05, 0.1) is 30.7 Å². The molecule has 2 aromatic carbocycles. The topological polar surface area (TPSA) is 56.6 Å². The van der Waals surface area contributed by atoms with Crippen LogP contribution in [-0.2, 0) is 17.7 Å². The molecule has 0 atom stereocenters. The zero-order valence-corrected chi connectivity index (χ0v) is 19.7. The van der Waals surface area contributed by atoms with Gasteiger partial charge in [-0.1, -0.05) is 18.2 Å². The van der Waals surface area contributed by atoms with Gasteiger partial charge in [-0.25, -0.2) is 9.48 Å². The van der Waals surface area contributed by atoms with Gasteiger partial charge in [-0.05, 0) is 70.0 Å². The molecule has 0 radical (unpaired) electrons. The van der Waals surface area contributed by atoms with Crippen molar-refractivity contribution < 1.29 is 14.3 Å². The van der Waals surface area contributed by atoms with E-state index in [0.29, 0.717) is 19.5 Å². The van der Waals surface area contributed by atoms with Gasteiger partial charge in [-0.2, -0.15) is 5.10 Å². The van der Waals surface area contributed by atoms with Crippen molar-refractivity contribution in [3.8, 4) is 22.7 Å². The smallest absolute Gasteiger partial charge is 0.410 e. The molecule has 1 amide bonds. The Balaban J connectivity index is 1.84. The van der Waals surface area contributed by atoms with Gasteiger partial charge in [0, 0.05) is 24.1 Å². The fourth-order valence-corrected chi connectivity index (χ4v) is 4.20. The molecule has 1 aliphatic heterocycles. The Labute approximate surface area is 189 Å². The minimum atomic E-state index is -0.529. The predicted molar refractivity (Wildman–Crippen MR) is 125 cm³/mol. The summed E-state index contributed by atoms with van der Waals surface area (Å²) in [5.41, 5.74) is 7.00. The zero-order chi connectivity index (χ0) is 23.0. The summed E-state index contributed by atoms with van der Waals surface area (Å²) in [6.45, 7) is 10.9. The molecule has 1 aromatic heterocycles. The van der Waals surface area contributed by atoms with Crippen molar-refractivity contribution in [1.82, 2.24) is 14.7 Å². The Bertz CT molecular complexity index is 1120. The van der Waals surface area contributed by atoms with Crippen molar-refractivity contribution in [1.29, 1.82) is 0 Å². The number of para-hydroxylation sites is 1. The van der Waals surface area contributed by atoms with E-state index in [9.17, 15) is 4.79 Å². The summed E-state index contributed by atoms with van der Waals surface area (Å²) in [5, 5.41) is 5.04. The van der Waals surface area contributed by atoms with Crippen molar-refractivity contribution >= 4 is 6.09 Å². The number of amides is 1. The fraction of sp³-hybridized carbons (Fsp3) is 0.385. The standard InChI is InChI=1S/C26H31N3O3/c1-17-8-7-9-18(2)23(17)29-24(19-10-12-20(31-6)13-11-19)21-16-28(15-14-22(21)27-29)25(30)32-26(3,4)5/h7-13H,14-16H2,1-6H3. The quantitative estimate of drug-likeness (QED) is 0.551. The zero-order valence-electron chi connectivity index (χ0n) is 19.7. The molecule has 2 heterocycles. The van der Waals surface area contributed by atoms with Gasteiger partial charge in [0.1, 0.15) is 11.4 Å². The van der Waals surface area contributed by atoms with Gasteiger partial charge < -0.3 is 14.4 Å². The highest BCUT2D eigenvalue weighted by molar-refractivity contribution is 5.72. The first kappa shape index (κ1) is 21.9. The van der Waals surface area contributed by atoms with E-state index in [4.69, 9.17) is 14.6 Å². The highest BCUT2D eigenvalue weighted by Crippen LogP contribution is 2.35. The molecule has 4 rings (SSSR count). The third-order valence-electron chi connectivity index (χ3n) is 5.70. The van der Waals surface area contributed by atoms with Gasteiger partial charge in [-0.15, -0.1) is 0 Å². The molecule has 0 fully saturated rings. The first-order valence-electron chi connectivity index (χ1n) is 11.0. The van der Waals surface area contributed by atoms with Gasteiger partial charge in [0.25, 0.3) is 0 Å². The van der Waals surface area contributed by atoms with Crippen molar-refractivity contribution in [2.45, 2.75) is 53.2 Å². The molecular weight excluding hydrogens is 402 g/mol. The molecule has 32 heavy (non-hydrogen) atoms. The molecule has 1 aliphatic rings. The average Bonchev–Trinajstić information content (AvgIpc) is 3.10. The summed E-state index contributed by atoms with van der Waals surface area (Å²) in [4.78, 5) is 14.6. The van der Waals surface area contributed by atoms with Gasteiger partial charge >= 0.3 is 6.09 Å². The number of rotatable bonds is 3. The van der Waals surface area contributed by atoms with Crippen molar-refractivity contribution in [3.05, 3.63) is 64.8 Å². The second-order valence-electron chi connectivity index (χ2n) is 9.31. The van der Waals surface area contributed by atoms with Crippen LogP contribution in [0.4, 0.5) is 4.79 Å².